The van der Waals surface area contributed by atoms with E-state index >= 15 is 0 Å². The number of nitrogens with two attached hydrogens (primary N) is 1. The quantitative estimate of drug-likeness (QED) is 0.719. The highest BCUT2D eigenvalue weighted by molar-refractivity contribution is 5.72. The summed E-state index contributed by atoms with van der Waals surface area (Å²) in [6.45, 7) is 2.23. The molecule has 0 radical (unpaired) electrons. The number of aromatic amines is 1. The Kier molecular flexibility index (Phi) is 5.41. The van der Waals surface area contributed by atoms with Crippen molar-refractivity contribution in [3.8, 4) is 0 Å². The molecule has 1 atom stereocenters. The number of benzene rings is 1. The van der Waals surface area contributed by atoms with E-state index < -0.39 is 5.76 Å². The van der Waals surface area contributed by atoms with Gasteiger partial charge in [0.1, 0.15) is 0 Å². The molecule has 1 heterocycles. The van der Waals surface area contributed by atoms with Gasteiger partial charge in [0.05, 0.1) is 5.52 Å². The van der Waals surface area contributed by atoms with Crippen LogP contribution in [0.4, 0.5) is 0 Å². The second-order valence-corrected chi connectivity index (χ2v) is 5.43. The first kappa shape index (κ1) is 14.9. The maximum absolute atomic E-state index is 11.1. The van der Waals surface area contributed by atoms with Crippen molar-refractivity contribution in [1.82, 2.24) is 4.98 Å². The average molecular weight is 276 g/mol. The van der Waals surface area contributed by atoms with Crippen molar-refractivity contribution in [2.45, 2.75) is 57.9 Å². The molecule has 0 fully saturated rings. The monoisotopic (exact) mass is 276 g/mol. The molecule has 3 N–H and O–H groups in total. The summed E-state index contributed by atoms with van der Waals surface area (Å²) in [4.78, 5) is 13.7. The van der Waals surface area contributed by atoms with Crippen LogP contribution in [0.3, 0.4) is 0 Å². The van der Waals surface area contributed by atoms with Crippen molar-refractivity contribution in [3.63, 3.8) is 0 Å². The van der Waals surface area contributed by atoms with Crippen LogP contribution in [0.1, 0.15) is 63.5 Å². The summed E-state index contributed by atoms with van der Waals surface area (Å²) in [5.41, 5.74) is 8.56. The molecule has 1 unspecified atom stereocenters. The molecule has 0 saturated carbocycles. The summed E-state index contributed by atoms with van der Waals surface area (Å²) in [7, 11) is 0. The lowest BCUT2D eigenvalue weighted by Gasteiger charge is -2.11. The summed E-state index contributed by atoms with van der Waals surface area (Å²) >= 11 is 0. The van der Waals surface area contributed by atoms with E-state index in [9.17, 15) is 4.79 Å². The van der Waals surface area contributed by atoms with Gasteiger partial charge in [0.2, 0.25) is 0 Å². The lowest BCUT2D eigenvalue weighted by atomic mass is 10.00. The van der Waals surface area contributed by atoms with Crippen LogP contribution >= 0.6 is 0 Å². The lowest BCUT2D eigenvalue weighted by molar-refractivity contribution is 0.542. The Balaban J connectivity index is 1.84. The summed E-state index contributed by atoms with van der Waals surface area (Å²) in [5.74, 6) is -0.415. The molecule has 0 spiro atoms. The Morgan fingerprint density at radius 2 is 1.95 bits per heavy atom. The number of H-pyrrole nitrogens is 1. The van der Waals surface area contributed by atoms with Crippen molar-refractivity contribution in [2.75, 3.05) is 0 Å². The standard InChI is InChI=1S/C16H24N2O2/c1-2-3-4-5-6-7-8-13(17)12-9-10-14-15(11-12)20-16(19)18-14/h9-11,13H,2-8,17H2,1H3,(H,18,19). The normalized spacial score (nSPS) is 12.9. The molecule has 0 amide bonds. The van der Waals surface area contributed by atoms with Crippen molar-refractivity contribution in [1.29, 1.82) is 0 Å². The van der Waals surface area contributed by atoms with Gasteiger partial charge < -0.3 is 10.2 Å². The van der Waals surface area contributed by atoms with E-state index in [1.54, 1.807) is 0 Å². The van der Waals surface area contributed by atoms with Crippen LogP contribution in [0.15, 0.2) is 27.4 Å². The van der Waals surface area contributed by atoms with E-state index in [-0.39, 0.29) is 6.04 Å². The maximum atomic E-state index is 11.1. The van der Waals surface area contributed by atoms with Crippen LogP contribution in [-0.4, -0.2) is 4.98 Å². The molecule has 20 heavy (non-hydrogen) atoms. The third-order valence-corrected chi connectivity index (χ3v) is 3.74. The van der Waals surface area contributed by atoms with Crippen molar-refractivity contribution < 1.29 is 4.42 Å². The molecule has 4 heteroatoms. The van der Waals surface area contributed by atoms with E-state index in [1.165, 1.54) is 32.1 Å². The second kappa shape index (κ2) is 7.29. The van der Waals surface area contributed by atoms with Crippen molar-refractivity contribution in [2.24, 2.45) is 5.73 Å². The molecule has 2 rings (SSSR count). The zero-order valence-corrected chi connectivity index (χ0v) is 12.2. The van der Waals surface area contributed by atoms with E-state index in [0.29, 0.717) is 5.58 Å². The highest BCUT2D eigenvalue weighted by Gasteiger charge is 2.08. The maximum Gasteiger partial charge on any atom is 0.417 e. The molecular weight excluding hydrogens is 252 g/mol. The minimum atomic E-state index is -0.415. The number of fused-ring (bicyclic) bond motifs is 1. The van der Waals surface area contributed by atoms with Crippen LogP contribution in [0.2, 0.25) is 0 Å². The van der Waals surface area contributed by atoms with Gasteiger partial charge in [0.25, 0.3) is 0 Å². The Morgan fingerprint density at radius 3 is 2.75 bits per heavy atom. The number of oxazole rings is 1. The van der Waals surface area contributed by atoms with Crippen LogP contribution in [0.5, 0.6) is 0 Å². The van der Waals surface area contributed by atoms with Gasteiger partial charge in [-0.15, -0.1) is 0 Å². The van der Waals surface area contributed by atoms with Crippen LogP contribution in [-0.2, 0) is 0 Å². The molecule has 0 saturated heterocycles. The molecule has 0 aliphatic carbocycles. The Labute approximate surface area is 119 Å². The predicted molar refractivity (Wildman–Crippen MR) is 81.8 cm³/mol. The minimum absolute atomic E-state index is 0.0192. The fraction of sp³-hybridized carbons (Fsp3) is 0.562. The second-order valence-electron chi connectivity index (χ2n) is 5.43. The number of unbranched alkanes of at least 4 members (excludes halogenated alkanes) is 5. The fourth-order valence-corrected chi connectivity index (χ4v) is 2.50. The zero-order valence-electron chi connectivity index (χ0n) is 12.2. The highest BCUT2D eigenvalue weighted by atomic mass is 16.4. The third-order valence-electron chi connectivity index (χ3n) is 3.74. The Morgan fingerprint density at radius 1 is 1.20 bits per heavy atom. The zero-order chi connectivity index (χ0) is 14.4. The average Bonchev–Trinajstić information content (AvgIpc) is 2.81. The first-order valence-corrected chi connectivity index (χ1v) is 7.59. The van der Waals surface area contributed by atoms with Gasteiger partial charge in [-0.2, -0.15) is 0 Å². The smallest absolute Gasteiger partial charge is 0.408 e. The molecule has 0 aliphatic heterocycles. The summed E-state index contributed by atoms with van der Waals surface area (Å²) < 4.78 is 5.06. The molecule has 0 aliphatic rings. The van der Waals surface area contributed by atoms with Crippen LogP contribution in [0, 0.1) is 0 Å². The molecular formula is C16H24N2O2. The molecule has 110 valence electrons. The molecule has 2 aromatic rings. The number of nitrogens with one attached hydrogen (secondary N) is 1. The molecule has 1 aromatic heterocycles. The van der Waals surface area contributed by atoms with Gasteiger partial charge in [0.15, 0.2) is 5.58 Å². The van der Waals surface area contributed by atoms with Gasteiger partial charge in [-0.3, -0.25) is 4.98 Å². The third kappa shape index (κ3) is 3.97. The summed E-state index contributed by atoms with van der Waals surface area (Å²) in [6.07, 6.45) is 8.61. The molecule has 1 aromatic carbocycles. The number of hydrogen-bond donors (Lipinski definition) is 2. The van der Waals surface area contributed by atoms with Crippen molar-refractivity contribution in [3.05, 3.63) is 34.3 Å². The predicted octanol–water partition coefficient (Wildman–Crippen LogP) is 3.87. The number of aromatic nitrogens is 1. The lowest BCUT2D eigenvalue weighted by Crippen LogP contribution is -2.09. The van der Waals surface area contributed by atoms with Gasteiger partial charge in [-0.05, 0) is 24.1 Å². The van der Waals surface area contributed by atoms with Gasteiger partial charge in [-0.1, -0.05) is 51.5 Å². The topological polar surface area (TPSA) is 72.0 Å². The molecule has 0 bridgehead atoms. The van der Waals surface area contributed by atoms with Crippen LogP contribution < -0.4 is 11.5 Å². The summed E-state index contributed by atoms with van der Waals surface area (Å²) in [6, 6.07) is 5.71. The highest BCUT2D eigenvalue weighted by Crippen LogP contribution is 2.21. The van der Waals surface area contributed by atoms with E-state index in [4.69, 9.17) is 10.2 Å². The Bertz CT molecular complexity index is 585. The summed E-state index contributed by atoms with van der Waals surface area (Å²) in [5, 5.41) is 0. The van der Waals surface area contributed by atoms with E-state index in [0.717, 1.165) is 23.9 Å². The first-order valence-electron chi connectivity index (χ1n) is 7.59. The minimum Gasteiger partial charge on any atom is -0.408 e. The van der Waals surface area contributed by atoms with Crippen molar-refractivity contribution >= 4 is 11.1 Å². The van der Waals surface area contributed by atoms with Gasteiger partial charge in [0, 0.05) is 6.04 Å². The largest absolute Gasteiger partial charge is 0.417 e. The SMILES string of the molecule is CCCCCCCCC(N)c1ccc2[nH]c(=O)oc2c1. The van der Waals surface area contributed by atoms with E-state index in [2.05, 4.69) is 11.9 Å². The first-order chi connectivity index (χ1) is 9.70. The Hall–Kier alpha value is -1.55. The van der Waals surface area contributed by atoms with E-state index in [1.807, 2.05) is 18.2 Å². The fourth-order valence-electron chi connectivity index (χ4n) is 2.50. The number of rotatable bonds is 8. The molecule has 4 nitrogen and oxygen atoms in total. The van der Waals surface area contributed by atoms with Gasteiger partial charge in [-0.25, -0.2) is 4.79 Å². The van der Waals surface area contributed by atoms with Crippen LogP contribution in [0.25, 0.3) is 11.1 Å². The van der Waals surface area contributed by atoms with Gasteiger partial charge >= 0.3 is 5.76 Å². The number of hydrogen-bond acceptors (Lipinski definition) is 3.